The van der Waals surface area contributed by atoms with Gasteiger partial charge in [-0.3, -0.25) is 4.79 Å². The zero-order chi connectivity index (χ0) is 20.2. The fourth-order valence-corrected chi connectivity index (χ4v) is 3.33. The molecule has 2 heterocycles. The van der Waals surface area contributed by atoms with E-state index in [-0.39, 0.29) is 12.5 Å². The van der Waals surface area contributed by atoms with E-state index in [2.05, 4.69) is 15.5 Å². The van der Waals surface area contributed by atoms with Crippen LogP contribution < -0.4 is 10.2 Å². The number of H-pyrrole nitrogens is 1. The van der Waals surface area contributed by atoms with Crippen molar-refractivity contribution >= 4 is 23.0 Å². The highest BCUT2D eigenvalue weighted by Gasteiger charge is 2.14. The number of hydrogen-bond acceptors (Lipinski definition) is 4. The van der Waals surface area contributed by atoms with Gasteiger partial charge in [0.25, 0.3) is 5.91 Å². The predicted molar refractivity (Wildman–Crippen MR) is 113 cm³/mol. The molecule has 0 aliphatic carbocycles. The second kappa shape index (κ2) is 8.06. The smallest absolute Gasteiger partial charge is 0.277 e. The standard InChI is InChI=1S/C23H21N3O3/c1-15-11-16(2)23(19(12-15)21-7-4-10-28-21)29-14-22(27)26-25-13-17-5-3-6-20-18(17)8-9-24-20/h3-13,24H,14H2,1-2H3,(H,26,27)/b25-13+. The molecular formula is C23H21N3O3. The number of fused-ring (bicyclic) bond motifs is 1. The first-order valence-electron chi connectivity index (χ1n) is 9.28. The molecule has 0 atom stereocenters. The van der Waals surface area contributed by atoms with Crippen molar-refractivity contribution in [3.05, 3.63) is 77.7 Å². The fourth-order valence-electron chi connectivity index (χ4n) is 3.33. The lowest BCUT2D eigenvalue weighted by atomic mass is 10.0. The van der Waals surface area contributed by atoms with E-state index in [9.17, 15) is 4.79 Å². The normalized spacial score (nSPS) is 11.2. The van der Waals surface area contributed by atoms with Gasteiger partial charge in [-0.25, -0.2) is 5.43 Å². The van der Waals surface area contributed by atoms with E-state index in [4.69, 9.17) is 9.15 Å². The Labute approximate surface area is 168 Å². The Hall–Kier alpha value is -3.80. The molecule has 29 heavy (non-hydrogen) atoms. The van der Waals surface area contributed by atoms with Crippen molar-refractivity contribution in [2.45, 2.75) is 13.8 Å². The number of aromatic nitrogens is 1. The van der Waals surface area contributed by atoms with Crippen LogP contribution in [0.25, 0.3) is 22.2 Å². The number of hydrogen-bond donors (Lipinski definition) is 2. The molecule has 0 aliphatic rings. The molecule has 6 nitrogen and oxygen atoms in total. The second-order valence-corrected chi connectivity index (χ2v) is 6.80. The molecule has 4 rings (SSSR count). The van der Waals surface area contributed by atoms with Gasteiger partial charge in [-0.15, -0.1) is 0 Å². The molecule has 0 radical (unpaired) electrons. The Morgan fingerprint density at radius 2 is 2.10 bits per heavy atom. The van der Waals surface area contributed by atoms with E-state index in [1.54, 1.807) is 12.5 Å². The van der Waals surface area contributed by atoms with Crippen LogP contribution in [0.1, 0.15) is 16.7 Å². The summed E-state index contributed by atoms with van der Waals surface area (Å²) in [5.41, 5.74) is 7.30. The highest BCUT2D eigenvalue weighted by Crippen LogP contribution is 2.34. The van der Waals surface area contributed by atoms with E-state index in [1.807, 2.05) is 68.6 Å². The summed E-state index contributed by atoms with van der Waals surface area (Å²) in [4.78, 5) is 15.4. The minimum atomic E-state index is -0.340. The maximum Gasteiger partial charge on any atom is 0.277 e. The van der Waals surface area contributed by atoms with Crippen LogP contribution in [0.3, 0.4) is 0 Å². The van der Waals surface area contributed by atoms with Crippen molar-refractivity contribution in [2.24, 2.45) is 5.10 Å². The van der Waals surface area contributed by atoms with Crippen molar-refractivity contribution in [3.63, 3.8) is 0 Å². The van der Waals surface area contributed by atoms with Gasteiger partial charge >= 0.3 is 0 Å². The molecule has 0 unspecified atom stereocenters. The van der Waals surface area contributed by atoms with Gasteiger partial charge in [0.1, 0.15) is 11.5 Å². The molecule has 0 saturated carbocycles. The van der Waals surface area contributed by atoms with Crippen LogP contribution >= 0.6 is 0 Å². The lowest BCUT2D eigenvalue weighted by Crippen LogP contribution is -2.25. The van der Waals surface area contributed by atoms with E-state index < -0.39 is 0 Å². The van der Waals surface area contributed by atoms with Gasteiger partial charge in [0.05, 0.1) is 18.0 Å². The van der Waals surface area contributed by atoms with Gasteiger partial charge in [0, 0.05) is 22.7 Å². The average molecular weight is 387 g/mol. The third kappa shape index (κ3) is 4.06. The summed E-state index contributed by atoms with van der Waals surface area (Å²) in [5.74, 6) is 0.986. The summed E-state index contributed by atoms with van der Waals surface area (Å²) in [6.07, 6.45) is 5.11. The van der Waals surface area contributed by atoms with Gasteiger partial charge in [-0.05, 0) is 55.3 Å². The number of furan rings is 1. The summed E-state index contributed by atoms with van der Waals surface area (Å²) < 4.78 is 11.3. The lowest BCUT2D eigenvalue weighted by Gasteiger charge is -2.13. The van der Waals surface area contributed by atoms with Crippen LogP contribution in [0.5, 0.6) is 5.75 Å². The number of ether oxygens (including phenoxy) is 1. The van der Waals surface area contributed by atoms with Gasteiger partial charge in [-0.1, -0.05) is 18.2 Å². The number of carbonyl (C=O) groups is 1. The van der Waals surface area contributed by atoms with Gasteiger partial charge < -0.3 is 14.1 Å². The first-order valence-corrected chi connectivity index (χ1v) is 9.28. The molecule has 0 bridgehead atoms. The first kappa shape index (κ1) is 18.6. The maximum absolute atomic E-state index is 12.2. The molecular weight excluding hydrogens is 366 g/mol. The predicted octanol–water partition coefficient (Wildman–Crippen LogP) is 4.57. The topological polar surface area (TPSA) is 79.6 Å². The molecule has 1 amide bonds. The monoisotopic (exact) mass is 387 g/mol. The summed E-state index contributed by atoms with van der Waals surface area (Å²) >= 11 is 0. The molecule has 0 spiro atoms. The van der Waals surface area contributed by atoms with Crippen LogP contribution in [0, 0.1) is 13.8 Å². The van der Waals surface area contributed by atoms with Crippen LogP contribution in [0.2, 0.25) is 0 Å². The van der Waals surface area contributed by atoms with E-state index in [0.717, 1.165) is 33.2 Å². The number of nitrogens with one attached hydrogen (secondary N) is 2. The van der Waals surface area contributed by atoms with Crippen LogP contribution in [-0.2, 0) is 4.79 Å². The third-order valence-corrected chi connectivity index (χ3v) is 4.57. The molecule has 4 aromatic rings. The van der Waals surface area contributed by atoms with Gasteiger partial charge in [-0.2, -0.15) is 5.10 Å². The maximum atomic E-state index is 12.2. The van der Waals surface area contributed by atoms with Crippen molar-refractivity contribution in [2.75, 3.05) is 6.61 Å². The Morgan fingerprint density at radius 1 is 1.21 bits per heavy atom. The number of aryl methyl sites for hydroxylation is 2. The lowest BCUT2D eigenvalue weighted by molar-refractivity contribution is -0.123. The highest BCUT2D eigenvalue weighted by atomic mass is 16.5. The van der Waals surface area contributed by atoms with E-state index in [0.29, 0.717) is 11.5 Å². The highest BCUT2D eigenvalue weighted by molar-refractivity contribution is 5.98. The SMILES string of the molecule is Cc1cc(C)c(OCC(=O)N/N=C/c2cccc3[nH]ccc23)c(-c2ccco2)c1. The van der Waals surface area contributed by atoms with Crippen LogP contribution in [-0.4, -0.2) is 23.7 Å². The summed E-state index contributed by atoms with van der Waals surface area (Å²) in [5, 5.41) is 5.10. The number of hydrazone groups is 1. The minimum Gasteiger partial charge on any atom is -0.483 e. The van der Waals surface area contributed by atoms with Crippen molar-refractivity contribution in [1.29, 1.82) is 0 Å². The summed E-state index contributed by atoms with van der Waals surface area (Å²) in [6.45, 7) is 3.81. The largest absolute Gasteiger partial charge is 0.483 e. The Kier molecular flexibility index (Phi) is 5.16. The molecule has 2 aromatic carbocycles. The third-order valence-electron chi connectivity index (χ3n) is 4.57. The molecule has 2 N–H and O–H groups in total. The fraction of sp³-hybridized carbons (Fsp3) is 0.130. The molecule has 0 fully saturated rings. The van der Waals surface area contributed by atoms with Crippen molar-refractivity contribution < 1.29 is 13.9 Å². The van der Waals surface area contributed by atoms with Gasteiger partial charge in [0.2, 0.25) is 0 Å². The number of aromatic amines is 1. The minimum absolute atomic E-state index is 0.149. The molecule has 0 saturated heterocycles. The zero-order valence-corrected chi connectivity index (χ0v) is 16.2. The molecule has 6 heteroatoms. The number of amides is 1. The average Bonchev–Trinajstić information content (AvgIpc) is 3.39. The summed E-state index contributed by atoms with van der Waals surface area (Å²) in [6, 6.07) is 15.5. The Morgan fingerprint density at radius 3 is 2.93 bits per heavy atom. The second-order valence-electron chi connectivity index (χ2n) is 6.80. The van der Waals surface area contributed by atoms with Crippen LogP contribution in [0.15, 0.2) is 70.5 Å². The van der Waals surface area contributed by atoms with Crippen molar-refractivity contribution in [1.82, 2.24) is 10.4 Å². The zero-order valence-electron chi connectivity index (χ0n) is 16.2. The first-order chi connectivity index (χ1) is 14.1. The Balaban J connectivity index is 1.43. The number of carbonyl (C=O) groups excluding carboxylic acids is 1. The number of benzene rings is 2. The van der Waals surface area contributed by atoms with Gasteiger partial charge in [0.15, 0.2) is 6.61 Å². The summed E-state index contributed by atoms with van der Waals surface area (Å²) in [7, 11) is 0. The quantitative estimate of drug-likeness (QED) is 0.376. The molecule has 146 valence electrons. The van der Waals surface area contributed by atoms with E-state index >= 15 is 0 Å². The molecule has 2 aromatic heterocycles. The number of nitrogens with zero attached hydrogens (tertiary/aromatic N) is 1. The van der Waals surface area contributed by atoms with Crippen LogP contribution in [0.4, 0.5) is 0 Å². The number of rotatable bonds is 6. The van der Waals surface area contributed by atoms with E-state index in [1.165, 1.54) is 0 Å². The molecule has 0 aliphatic heterocycles. The Bertz CT molecular complexity index is 1170. The van der Waals surface area contributed by atoms with Crippen molar-refractivity contribution in [3.8, 4) is 17.1 Å².